The average molecular weight is 595 g/mol. The SMILES string of the molecule is CC(=O)OC[C@H]1O[C@@H](n2ncc3c(N(C(=O)OC(C)(C)C)C4CCCC4)cc(Cl)nc32)[C@H](OC(C)=O)[C@@H]1OC(C)=O. The summed E-state index contributed by atoms with van der Waals surface area (Å²) in [5.41, 5.74) is -0.0376. The smallest absolute Gasteiger partial charge is 0.415 e. The number of carbonyl (C=O) groups excluding carboxylic acids is 4. The highest BCUT2D eigenvalue weighted by Crippen LogP contribution is 2.39. The highest BCUT2D eigenvalue weighted by Gasteiger charge is 2.51. The van der Waals surface area contributed by atoms with Crippen LogP contribution in [0.4, 0.5) is 10.5 Å². The van der Waals surface area contributed by atoms with Gasteiger partial charge < -0.3 is 23.7 Å². The molecular formula is C27H35ClN4O9. The van der Waals surface area contributed by atoms with E-state index in [0.717, 1.165) is 25.7 Å². The minimum absolute atomic E-state index is 0.0795. The first-order valence-corrected chi connectivity index (χ1v) is 13.8. The summed E-state index contributed by atoms with van der Waals surface area (Å²) in [5, 5.41) is 5.03. The highest BCUT2D eigenvalue weighted by atomic mass is 35.5. The van der Waals surface area contributed by atoms with Crippen LogP contribution in [0.2, 0.25) is 5.15 Å². The number of hydrogen-bond donors (Lipinski definition) is 0. The highest BCUT2D eigenvalue weighted by molar-refractivity contribution is 6.30. The maximum Gasteiger partial charge on any atom is 0.415 e. The second kappa shape index (κ2) is 12.2. The molecule has 0 spiro atoms. The summed E-state index contributed by atoms with van der Waals surface area (Å²) in [6.45, 7) is 8.75. The van der Waals surface area contributed by atoms with Gasteiger partial charge in [-0.25, -0.2) is 14.5 Å². The fraction of sp³-hybridized carbons (Fsp3) is 0.630. The number of rotatable bonds is 7. The Morgan fingerprint density at radius 1 is 1.05 bits per heavy atom. The third-order valence-electron chi connectivity index (χ3n) is 6.63. The van der Waals surface area contributed by atoms with E-state index in [2.05, 4.69) is 10.1 Å². The lowest BCUT2D eigenvalue weighted by atomic mass is 10.1. The zero-order chi connectivity index (χ0) is 30.1. The first-order chi connectivity index (χ1) is 19.2. The number of ether oxygens (including phenoxy) is 5. The van der Waals surface area contributed by atoms with Gasteiger partial charge in [-0.2, -0.15) is 5.10 Å². The number of aromatic nitrogens is 3. The van der Waals surface area contributed by atoms with E-state index in [-0.39, 0.29) is 23.4 Å². The average Bonchev–Trinajstić information content (AvgIpc) is 3.57. The number of amides is 1. The molecule has 14 heteroatoms. The summed E-state index contributed by atoms with van der Waals surface area (Å²) in [6, 6.07) is 1.47. The molecule has 2 aromatic rings. The van der Waals surface area contributed by atoms with Crippen molar-refractivity contribution in [2.45, 2.75) is 103 Å². The van der Waals surface area contributed by atoms with Gasteiger partial charge in [0, 0.05) is 32.9 Å². The molecule has 2 fully saturated rings. The van der Waals surface area contributed by atoms with Gasteiger partial charge >= 0.3 is 24.0 Å². The van der Waals surface area contributed by atoms with Gasteiger partial charge in [-0.05, 0) is 33.6 Å². The molecule has 41 heavy (non-hydrogen) atoms. The van der Waals surface area contributed by atoms with Crippen molar-refractivity contribution in [2.24, 2.45) is 0 Å². The van der Waals surface area contributed by atoms with E-state index in [1.807, 2.05) is 0 Å². The lowest BCUT2D eigenvalue weighted by Gasteiger charge is -2.32. The molecule has 1 saturated carbocycles. The molecular weight excluding hydrogens is 560 g/mol. The fourth-order valence-corrected chi connectivity index (χ4v) is 5.35. The van der Waals surface area contributed by atoms with Crippen molar-refractivity contribution >= 4 is 52.3 Å². The number of carbonyl (C=O) groups is 4. The molecule has 224 valence electrons. The third kappa shape index (κ3) is 7.07. The number of fused-ring (bicyclic) bond motifs is 1. The van der Waals surface area contributed by atoms with Crippen LogP contribution in [0.3, 0.4) is 0 Å². The predicted octanol–water partition coefficient (Wildman–Crippen LogP) is 4.09. The molecule has 4 rings (SSSR count). The Morgan fingerprint density at radius 3 is 2.27 bits per heavy atom. The second-order valence-corrected chi connectivity index (χ2v) is 11.5. The Labute approximate surface area is 242 Å². The summed E-state index contributed by atoms with van der Waals surface area (Å²) in [5.74, 6) is -1.88. The van der Waals surface area contributed by atoms with Gasteiger partial charge in [-0.1, -0.05) is 24.4 Å². The van der Waals surface area contributed by atoms with Crippen LogP contribution in [-0.2, 0) is 38.1 Å². The van der Waals surface area contributed by atoms with E-state index in [4.69, 9.17) is 35.3 Å². The van der Waals surface area contributed by atoms with Crippen molar-refractivity contribution in [1.82, 2.24) is 14.8 Å². The molecule has 1 saturated heterocycles. The zero-order valence-electron chi connectivity index (χ0n) is 23.9. The van der Waals surface area contributed by atoms with Crippen LogP contribution in [-0.4, -0.2) is 75.3 Å². The second-order valence-electron chi connectivity index (χ2n) is 11.1. The van der Waals surface area contributed by atoms with Crippen LogP contribution >= 0.6 is 11.6 Å². The molecule has 0 radical (unpaired) electrons. The predicted molar refractivity (Wildman–Crippen MR) is 145 cm³/mol. The Morgan fingerprint density at radius 2 is 1.68 bits per heavy atom. The first kappa shape index (κ1) is 30.5. The lowest BCUT2D eigenvalue weighted by Crippen LogP contribution is -2.42. The van der Waals surface area contributed by atoms with Gasteiger partial charge in [0.25, 0.3) is 0 Å². The third-order valence-corrected chi connectivity index (χ3v) is 6.83. The lowest BCUT2D eigenvalue weighted by molar-refractivity contribution is -0.166. The van der Waals surface area contributed by atoms with Crippen molar-refractivity contribution in [3.05, 3.63) is 17.4 Å². The molecule has 2 aromatic heterocycles. The van der Waals surface area contributed by atoms with Gasteiger partial charge in [0.2, 0.25) is 0 Å². The molecule has 1 aliphatic carbocycles. The van der Waals surface area contributed by atoms with E-state index in [9.17, 15) is 19.2 Å². The van der Waals surface area contributed by atoms with Crippen molar-refractivity contribution in [2.75, 3.05) is 11.5 Å². The van der Waals surface area contributed by atoms with Crippen LogP contribution in [0.25, 0.3) is 11.0 Å². The monoisotopic (exact) mass is 594 g/mol. The normalized spacial score (nSPS) is 22.9. The molecule has 1 aliphatic heterocycles. The maximum absolute atomic E-state index is 13.5. The van der Waals surface area contributed by atoms with Gasteiger partial charge in [-0.3, -0.25) is 19.3 Å². The molecule has 4 atom stereocenters. The number of halogens is 1. The summed E-state index contributed by atoms with van der Waals surface area (Å²) in [7, 11) is 0. The minimum Gasteiger partial charge on any atom is -0.463 e. The molecule has 0 bridgehead atoms. The molecule has 0 unspecified atom stereocenters. The van der Waals surface area contributed by atoms with Gasteiger partial charge in [-0.15, -0.1) is 0 Å². The summed E-state index contributed by atoms with van der Waals surface area (Å²) in [4.78, 5) is 55.1. The number of pyridine rings is 1. The van der Waals surface area contributed by atoms with Crippen LogP contribution in [0, 0.1) is 0 Å². The topological polar surface area (TPSA) is 148 Å². The molecule has 2 aliphatic rings. The van der Waals surface area contributed by atoms with Crippen LogP contribution in [0.1, 0.15) is 73.5 Å². The number of anilines is 1. The van der Waals surface area contributed by atoms with Crippen molar-refractivity contribution in [1.29, 1.82) is 0 Å². The molecule has 13 nitrogen and oxygen atoms in total. The Bertz CT molecular complexity index is 1320. The summed E-state index contributed by atoms with van der Waals surface area (Å²) < 4.78 is 29.3. The van der Waals surface area contributed by atoms with Crippen LogP contribution in [0.5, 0.6) is 0 Å². The largest absolute Gasteiger partial charge is 0.463 e. The number of nitrogens with zero attached hydrogens (tertiary/aromatic N) is 4. The summed E-state index contributed by atoms with van der Waals surface area (Å²) >= 11 is 6.50. The van der Waals surface area contributed by atoms with Crippen LogP contribution < -0.4 is 4.90 Å². The van der Waals surface area contributed by atoms with E-state index in [1.165, 1.54) is 31.6 Å². The van der Waals surface area contributed by atoms with Crippen LogP contribution in [0.15, 0.2) is 12.3 Å². The van der Waals surface area contributed by atoms with E-state index in [1.54, 1.807) is 31.7 Å². The quantitative estimate of drug-likeness (QED) is 0.259. The number of esters is 3. The number of hydrogen-bond acceptors (Lipinski definition) is 11. The minimum atomic E-state index is -1.17. The Kier molecular flexibility index (Phi) is 9.07. The fourth-order valence-electron chi connectivity index (χ4n) is 5.16. The Hall–Kier alpha value is -3.45. The molecule has 3 heterocycles. The molecule has 0 N–H and O–H groups in total. The van der Waals surface area contributed by atoms with E-state index >= 15 is 0 Å². The standard InChI is InChI=1S/C27H35ClN4O9/c1-14(33)37-13-20-22(38-15(2)34)23(39-16(3)35)25(40-20)32-24-18(12-29-32)19(11-21(28)30-24)31(17-9-7-8-10-17)26(36)41-27(4,5)6/h11-12,17,20,22-23,25H,7-10,13H2,1-6H3/t20-,22-,23-,25-/m1/s1. The zero-order valence-corrected chi connectivity index (χ0v) is 24.7. The van der Waals surface area contributed by atoms with E-state index < -0.39 is 54.1 Å². The maximum atomic E-state index is 13.5. The van der Waals surface area contributed by atoms with E-state index in [0.29, 0.717) is 11.1 Å². The Balaban J connectivity index is 1.81. The molecule has 0 aromatic carbocycles. The van der Waals surface area contributed by atoms with Crippen molar-refractivity contribution in [3.63, 3.8) is 0 Å². The summed E-state index contributed by atoms with van der Waals surface area (Å²) in [6.07, 6.45) is 0.0958. The van der Waals surface area contributed by atoms with Gasteiger partial charge in [0.15, 0.2) is 24.1 Å². The van der Waals surface area contributed by atoms with Crippen molar-refractivity contribution in [3.8, 4) is 0 Å². The van der Waals surface area contributed by atoms with Gasteiger partial charge in [0.1, 0.15) is 23.5 Å². The van der Waals surface area contributed by atoms with Gasteiger partial charge in [0.05, 0.1) is 17.3 Å². The van der Waals surface area contributed by atoms with Crippen molar-refractivity contribution < 1.29 is 42.9 Å². The first-order valence-electron chi connectivity index (χ1n) is 13.4. The molecule has 1 amide bonds.